The van der Waals surface area contributed by atoms with Crippen molar-refractivity contribution in [3.05, 3.63) is 60.8 Å². The van der Waals surface area contributed by atoms with E-state index in [9.17, 15) is 15.0 Å². The highest BCUT2D eigenvalue weighted by Gasteiger charge is 2.19. The van der Waals surface area contributed by atoms with Crippen molar-refractivity contribution in [2.75, 3.05) is 6.61 Å². The molecule has 0 aliphatic rings. The maximum Gasteiger partial charge on any atom is 0.224 e. The predicted molar refractivity (Wildman–Crippen MR) is 184 cm³/mol. The van der Waals surface area contributed by atoms with Crippen LogP contribution >= 0.6 is 0 Å². The first kappa shape index (κ1) is 40.1. The molecule has 42 heavy (non-hydrogen) atoms. The zero-order chi connectivity index (χ0) is 30.8. The standard InChI is InChI=1S/C38H67NO3/c1-3-5-7-9-11-13-15-17-19-21-23-25-27-29-31-33-37(41)36(35-40)39-38(42)34-32-30-28-26-24-22-20-18-16-14-12-10-8-6-4-2/h6,8,12,14,18,20,24,26,30,32,36-37,40-41H,3-5,7,9-11,13,15-17,19,21-23,25,27-29,31,33-35H2,1-2H3,(H,39,42)/b8-6-,14-12-,20-18-,26-24-,32-30-. The van der Waals surface area contributed by atoms with Gasteiger partial charge >= 0.3 is 0 Å². The minimum Gasteiger partial charge on any atom is -0.394 e. The van der Waals surface area contributed by atoms with E-state index < -0.39 is 12.1 Å². The van der Waals surface area contributed by atoms with Crippen LogP contribution in [0.2, 0.25) is 0 Å². The van der Waals surface area contributed by atoms with Crippen LogP contribution in [-0.4, -0.2) is 34.9 Å². The average Bonchev–Trinajstić information content (AvgIpc) is 2.99. The summed E-state index contributed by atoms with van der Waals surface area (Å²) in [5.41, 5.74) is 0. The van der Waals surface area contributed by atoms with Gasteiger partial charge in [0.1, 0.15) is 0 Å². The Morgan fingerprint density at radius 2 is 0.952 bits per heavy atom. The van der Waals surface area contributed by atoms with Crippen LogP contribution in [0.3, 0.4) is 0 Å². The van der Waals surface area contributed by atoms with E-state index in [1.807, 2.05) is 12.2 Å². The number of hydrogen-bond acceptors (Lipinski definition) is 3. The van der Waals surface area contributed by atoms with E-state index >= 15 is 0 Å². The van der Waals surface area contributed by atoms with Crippen molar-refractivity contribution in [3.63, 3.8) is 0 Å². The number of hydrogen-bond donors (Lipinski definition) is 3. The molecule has 3 N–H and O–H groups in total. The fraction of sp³-hybridized carbons (Fsp3) is 0.711. The highest BCUT2D eigenvalue weighted by atomic mass is 16.3. The number of amides is 1. The summed E-state index contributed by atoms with van der Waals surface area (Å²) >= 11 is 0. The summed E-state index contributed by atoms with van der Waals surface area (Å²) in [5.74, 6) is -0.161. The van der Waals surface area contributed by atoms with Gasteiger partial charge in [-0.05, 0) is 38.5 Å². The molecule has 0 aromatic rings. The molecule has 0 spiro atoms. The van der Waals surface area contributed by atoms with Gasteiger partial charge in [0.05, 0.1) is 18.8 Å². The Hall–Kier alpha value is -1.91. The van der Waals surface area contributed by atoms with Crippen molar-refractivity contribution < 1.29 is 15.0 Å². The van der Waals surface area contributed by atoms with Crippen LogP contribution < -0.4 is 5.32 Å². The average molecular weight is 586 g/mol. The molecule has 0 fully saturated rings. The molecule has 0 bridgehead atoms. The molecule has 0 aromatic carbocycles. The third-order valence-electron chi connectivity index (χ3n) is 7.57. The lowest BCUT2D eigenvalue weighted by Gasteiger charge is -2.22. The first-order chi connectivity index (χ1) is 20.7. The normalized spacial score (nSPS) is 13.9. The molecule has 242 valence electrons. The topological polar surface area (TPSA) is 69.6 Å². The van der Waals surface area contributed by atoms with Gasteiger partial charge in [0.25, 0.3) is 0 Å². The molecule has 2 atom stereocenters. The van der Waals surface area contributed by atoms with E-state index in [0.29, 0.717) is 6.42 Å². The van der Waals surface area contributed by atoms with E-state index in [0.717, 1.165) is 44.9 Å². The monoisotopic (exact) mass is 586 g/mol. The van der Waals surface area contributed by atoms with Crippen molar-refractivity contribution in [3.8, 4) is 0 Å². The Labute approximate surface area is 260 Å². The molecule has 0 saturated carbocycles. The first-order valence-corrected chi connectivity index (χ1v) is 17.5. The molecule has 0 radical (unpaired) electrons. The van der Waals surface area contributed by atoms with Gasteiger partial charge in [0.15, 0.2) is 0 Å². The highest BCUT2D eigenvalue weighted by molar-refractivity contribution is 5.77. The van der Waals surface area contributed by atoms with Gasteiger partial charge in [0.2, 0.25) is 5.91 Å². The Balaban J connectivity index is 3.75. The zero-order valence-corrected chi connectivity index (χ0v) is 27.5. The van der Waals surface area contributed by atoms with Gasteiger partial charge in [-0.3, -0.25) is 4.79 Å². The van der Waals surface area contributed by atoms with Gasteiger partial charge in [-0.25, -0.2) is 0 Å². The lowest BCUT2D eigenvalue weighted by Crippen LogP contribution is -2.45. The summed E-state index contributed by atoms with van der Waals surface area (Å²) < 4.78 is 0. The quantitative estimate of drug-likeness (QED) is 0.0580. The van der Waals surface area contributed by atoms with Gasteiger partial charge < -0.3 is 15.5 Å². The van der Waals surface area contributed by atoms with E-state index in [-0.39, 0.29) is 18.9 Å². The minimum atomic E-state index is -0.700. The number of carbonyl (C=O) groups excluding carboxylic acids is 1. The Morgan fingerprint density at radius 3 is 1.36 bits per heavy atom. The number of aliphatic hydroxyl groups excluding tert-OH is 2. The molecule has 0 aliphatic carbocycles. The zero-order valence-electron chi connectivity index (χ0n) is 27.5. The lowest BCUT2D eigenvalue weighted by molar-refractivity contribution is -0.122. The van der Waals surface area contributed by atoms with Crippen molar-refractivity contribution in [1.29, 1.82) is 0 Å². The molecule has 4 heteroatoms. The minimum absolute atomic E-state index is 0.161. The smallest absolute Gasteiger partial charge is 0.224 e. The Morgan fingerprint density at radius 1 is 0.571 bits per heavy atom. The van der Waals surface area contributed by atoms with Gasteiger partial charge in [-0.1, -0.05) is 171 Å². The molecule has 2 unspecified atom stereocenters. The number of nitrogens with one attached hydrogen (secondary N) is 1. The van der Waals surface area contributed by atoms with Crippen LogP contribution in [0.5, 0.6) is 0 Å². The Kier molecular flexibility index (Phi) is 32.1. The van der Waals surface area contributed by atoms with Crippen molar-refractivity contribution >= 4 is 5.91 Å². The highest BCUT2D eigenvalue weighted by Crippen LogP contribution is 2.14. The molecule has 0 heterocycles. The number of aliphatic hydroxyl groups is 2. The summed E-state index contributed by atoms with van der Waals surface area (Å²) in [4.78, 5) is 12.2. The summed E-state index contributed by atoms with van der Waals surface area (Å²) in [6.45, 7) is 4.18. The van der Waals surface area contributed by atoms with E-state index in [1.54, 1.807) is 0 Å². The van der Waals surface area contributed by atoms with E-state index in [2.05, 4.69) is 67.8 Å². The largest absolute Gasteiger partial charge is 0.394 e. The fourth-order valence-corrected chi connectivity index (χ4v) is 4.90. The van der Waals surface area contributed by atoms with Crippen LogP contribution in [0.4, 0.5) is 0 Å². The lowest BCUT2D eigenvalue weighted by atomic mass is 10.0. The fourth-order valence-electron chi connectivity index (χ4n) is 4.90. The van der Waals surface area contributed by atoms with Gasteiger partial charge in [0, 0.05) is 6.42 Å². The summed E-state index contributed by atoms with van der Waals surface area (Å²) in [7, 11) is 0. The number of rotatable bonds is 30. The van der Waals surface area contributed by atoms with Crippen molar-refractivity contribution in [2.45, 2.75) is 167 Å². The molecular weight excluding hydrogens is 518 g/mol. The second-order valence-electron chi connectivity index (χ2n) is 11.6. The van der Waals surface area contributed by atoms with Gasteiger partial charge in [-0.15, -0.1) is 0 Å². The number of allylic oxidation sites excluding steroid dienone is 9. The van der Waals surface area contributed by atoms with E-state index in [4.69, 9.17) is 0 Å². The van der Waals surface area contributed by atoms with Gasteiger partial charge in [-0.2, -0.15) is 0 Å². The van der Waals surface area contributed by atoms with Crippen molar-refractivity contribution in [1.82, 2.24) is 5.32 Å². The predicted octanol–water partition coefficient (Wildman–Crippen LogP) is 10.2. The summed E-state index contributed by atoms with van der Waals surface area (Å²) in [5, 5.41) is 22.9. The first-order valence-electron chi connectivity index (χ1n) is 17.5. The molecule has 0 aliphatic heterocycles. The molecule has 0 saturated heterocycles. The molecule has 1 amide bonds. The third-order valence-corrected chi connectivity index (χ3v) is 7.57. The van der Waals surface area contributed by atoms with Crippen LogP contribution in [0.1, 0.15) is 155 Å². The number of carbonyl (C=O) groups is 1. The third kappa shape index (κ3) is 29.6. The SMILES string of the molecule is CC/C=C\C/C=C\C/C=C\C/C=C\C/C=C\CC(=O)NC(CO)C(O)CCCCCCCCCCCCCCCCC. The molecule has 0 aromatic heterocycles. The second kappa shape index (κ2) is 33.6. The van der Waals surface area contributed by atoms with Crippen LogP contribution in [0, 0.1) is 0 Å². The van der Waals surface area contributed by atoms with Crippen molar-refractivity contribution in [2.24, 2.45) is 0 Å². The summed E-state index contributed by atoms with van der Waals surface area (Å²) in [6, 6.07) is -0.591. The van der Waals surface area contributed by atoms with Crippen LogP contribution in [0.15, 0.2) is 60.8 Å². The second-order valence-corrected chi connectivity index (χ2v) is 11.6. The molecule has 4 nitrogen and oxygen atoms in total. The maximum atomic E-state index is 12.2. The van der Waals surface area contributed by atoms with Crippen LogP contribution in [-0.2, 0) is 4.79 Å². The number of unbranched alkanes of at least 4 members (excludes halogenated alkanes) is 14. The molecule has 0 rings (SSSR count). The molecular formula is C38H67NO3. The maximum absolute atomic E-state index is 12.2. The summed E-state index contributed by atoms with van der Waals surface area (Å²) in [6.07, 6.45) is 45.8. The van der Waals surface area contributed by atoms with E-state index in [1.165, 1.54) is 83.5 Å². The Bertz CT molecular complexity index is 722. The van der Waals surface area contributed by atoms with Crippen LogP contribution in [0.25, 0.3) is 0 Å².